The number of nitrogens with zero attached hydrogens (tertiary/aromatic N) is 3. The molecule has 0 saturated carbocycles. The Morgan fingerprint density at radius 3 is 2.37 bits per heavy atom. The summed E-state index contributed by atoms with van der Waals surface area (Å²) in [4.78, 5) is 41.1. The number of aryl methyl sites for hydroxylation is 1. The Balaban J connectivity index is 1.62. The van der Waals surface area contributed by atoms with Crippen LogP contribution in [0.3, 0.4) is 0 Å². The summed E-state index contributed by atoms with van der Waals surface area (Å²) in [6.45, 7) is 3.06. The van der Waals surface area contributed by atoms with Crippen LogP contribution in [0, 0.1) is 0 Å². The highest BCUT2D eigenvalue weighted by molar-refractivity contribution is 6.12. The van der Waals surface area contributed by atoms with Gasteiger partial charge in [-0.25, -0.2) is 0 Å². The Hall–Kier alpha value is -4.27. The second kappa shape index (κ2) is 10.2. The number of rotatable bonds is 6. The minimum absolute atomic E-state index is 0.0430. The molecule has 2 aromatic carbocycles. The maximum Gasteiger partial charge on any atom is 0.272 e. The SMILES string of the molecule is COc1ccccc1Cn1c(=O)c2c(OC)c(C(=O)NC3CCN(C(C)=O)CC3)n(C)c2c2ccccc21. The van der Waals surface area contributed by atoms with Gasteiger partial charge in [0.2, 0.25) is 5.91 Å². The van der Waals surface area contributed by atoms with Crippen LogP contribution in [0.15, 0.2) is 53.3 Å². The molecule has 1 saturated heterocycles. The van der Waals surface area contributed by atoms with Crippen molar-refractivity contribution in [3.05, 3.63) is 70.1 Å². The molecule has 0 spiro atoms. The molecule has 1 aliphatic heterocycles. The molecule has 1 N–H and O–H groups in total. The topological polar surface area (TPSA) is 94.8 Å². The molecule has 38 heavy (non-hydrogen) atoms. The molecule has 1 aliphatic rings. The Bertz CT molecular complexity index is 1590. The number of carbonyl (C=O) groups is 2. The number of aromatic nitrogens is 2. The Morgan fingerprint density at radius 1 is 1.00 bits per heavy atom. The van der Waals surface area contributed by atoms with Crippen LogP contribution >= 0.6 is 0 Å². The zero-order chi connectivity index (χ0) is 27.0. The quantitative estimate of drug-likeness (QED) is 0.424. The summed E-state index contributed by atoms with van der Waals surface area (Å²) in [6.07, 6.45) is 1.35. The zero-order valence-electron chi connectivity index (χ0n) is 22.1. The first kappa shape index (κ1) is 25.4. The number of para-hydroxylation sites is 2. The minimum Gasteiger partial charge on any atom is -0.496 e. The van der Waals surface area contributed by atoms with Crippen LogP contribution in [0.2, 0.25) is 0 Å². The fraction of sp³-hybridized carbons (Fsp3) is 0.345. The van der Waals surface area contributed by atoms with Gasteiger partial charge in [0.15, 0.2) is 11.4 Å². The summed E-state index contributed by atoms with van der Waals surface area (Å²) >= 11 is 0. The molecule has 9 heteroatoms. The molecule has 0 radical (unpaired) electrons. The average molecular weight is 517 g/mol. The predicted octanol–water partition coefficient (Wildman–Crippen LogP) is 3.30. The second-order valence-corrected chi connectivity index (χ2v) is 9.64. The van der Waals surface area contributed by atoms with E-state index in [4.69, 9.17) is 9.47 Å². The highest BCUT2D eigenvalue weighted by Crippen LogP contribution is 2.35. The van der Waals surface area contributed by atoms with Gasteiger partial charge >= 0.3 is 0 Å². The van der Waals surface area contributed by atoms with Crippen molar-refractivity contribution >= 4 is 33.6 Å². The number of amides is 2. The monoisotopic (exact) mass is 516 g/mol. The van der Waals surface area contributed by atoms with Gasteiger partial charge in [0.05, 0.1) is 31.8 Å². The van der Waals surface area contributed by atoms with Gasteiger partial charge in [-0.05, 0) is 25.0 Å². The van der Waals surface area contributed by atoms with Gasteiger partial charge in [0, 0.05) is 44.1 Å². The molecule has 0 aliphatic carbocycles. The van der Waals surface area contributed by atoms with E-state index in [1.807, 2.05) is 48.5 Å². The molecule has 5 rings (SSSR count). The van der Waals surface area contributed by atoms with Gasteiger partial charge < -0.3 is 28.8 Å². The predicted molar refractivity (Wildman–Crippen MR) is 146 cm³/mol. The van der Waals surface area contributed by atoms with Crippen molar-refractivity contribution in [1.29, 1.82) is 0 Å². The molecule has 198 valence electrons. The summed E-state index contributed by atoms with van der Waals surface area (Å²) in [7, 11) is 4.88. The molecule has 2 amide bonds. The number of fused-ring (bicyclic) bond motifs is 3. The Labute approximate surface area is 220 Å². The lowest BCUT2D eigenvalue weighted by molar-refractivity contribution is -0.129. The van der Waals surface area contributed by atoms with E-state index in [1.54, 1.807) is 35.1 Å². The maximum atomic E-state index is 14.1. The molecule has 2 aromatic heterocycles. The van der Waals surface area contributed by atoms with Crippen molar-refractivity contribution in [3.63, 3.8) is 0 Å². The molecular formula is C29H32N4O5. The van der Waals surface area contributed by atoms with E-state index in [9.17, 15) is 14.4 Å². The first-order valence-corrected chi connectivity index (χ1v) is 12.7. The first-order chi connectivity index (χ1) is 18.3. The molecule has 0 atom stereocenters. The summed E-state index contributed by atoms with van der Waals surface area (Å²) < 4.78 is 14.7. The number of ether oxygens (including phenoxy) is 2. The van der Waals surface area contributed by atoms with E-state index in [-0.39, 0.29) is 29.2 Å². The number of carbonyl (C=O) groups excluding carboxylic acids is 2. The van der Waals surface area contributed by atoms with Gasteiger partial charge in [-0.1, -0.05) is 36.4 Å². The molecule has 4 aromatic rings. The van der Waals surface area contributed by atoms with Crippen LogP contribution in [0.25, 0.3) is 21.8 Å². The number of likely N-dealkylation sites (tertiary alicyclic amines) is 1. The zero-order valence-corrected chi connectivity index (χ0v) is 22.1. The number of hydrogen-bond acceptors (Lipinski definition) is 5. The lowest BCUT2D eigenvalue weighted by Crippen LogP contribution is -2.46. The number of nitrogens with one attached hydrogen (secondary N) is 1. The number of pyridine rings is 1. The second-order valence-electron chi connectivity index (χ2n) is 9.64. The van der Waals surface area contributed by atoms with Crippen molar-refractivity contribution < 1.29 is 19.1 Å². The third-order valence-electron chi connectivity index (χ3n) is 7.47. The van der Waals surface area contributed by atoms with Gasteiger partial charge in [-0.3, -0.25) is 14.4 Å². The van der Waals surface area contributed by atoms with E-state index in [1.165, 1.54) is 7.11 Å². The summed E-state index contributed by atoms with van der Waals surface area (Å²) in [6, 6.07) is 15.2. The van der Waals surface area contributed by atoms with E-state index < -0.39 is 0 Å². The van der Waals surface area contributed by atoms with E-state index in [0.29, 0.717) is 54.8 Å². The highest BCUT2D eigenvalue weighted by atomic mass is 16.5. The van der Waals surface area contributed by atoms with Crippen LogP contribution in [0.1, 0.15) is 35.8 Å². The van der Waals surface area contributed by atoms with Gasteiger partial charge in [0.1, 0.15) is 11.1 Å². The smallest absolute Gasteiger partial charge is 0.272 e. The van der Waals surface area contributed by atoms with Crippen LogP contribution in [-0.2, 0) is 18.4 Å². The molecule has 0 bridgehead atoms. The molecule has 9 nitrogen and oxygen atoms in total. The summed E-state index contributed by atoms with van der Waals surface area (Å²) in [5, 5.41) is 4.31. The fourth-order valence-corrected chi connectivity index (χ4v) is 5.53. The highest BCUT2D eigenvalue weighted by Gasteiger charge is 2.29. The third-order valence-corrected chi connectivity index (χ3v) is 7.47. The van der Waals surface area contributed by atoms with Crippen LogP contribution in [0.4, 0.5) is 0 Å². The van der Waals surface area contributed by atoms with Gasteiger partial charge in [-0.15, -0.1) is 0 Å². The van der Waals surface area contributed by atoms with Crippen LogP contribution in [-0.4, -0.2) is 59.2 Å². The number of methoxy groups -OCH3 is 2. The van der Waals surface area contributed by atoms with Crippen molar-refractivity contribution in [2.75, 3.05) is 27.3 Å². The molecule has 0 unspecified atom stereocenters. The van der Waals surface area contributed by atoms with Crippen molar-refractivity contribution in [1.82, 2.24) is 19.4 Å². The van der Waals surface area contributed by atoms with Gasteiger partial charge in [0.25, 0.3) is 11.5 Å². The van der Waals surface area contributed by atoms with Crippen molar-refractivity contribution in [3.8, 4) is 11.5 Å². The van der Waals surface area contributed by atoms with Crippen LogP contribution < -0.4 is 20.3 Å². The summed E-state index contributed by atoms with van der Waals surface area (Å²) in [5.74, 6) is 0.688. The lowest BCUT2D eigenvalue weighted by Gasteiger charge is -2.31. The number of benzene rings is 2. The van der Waals surface area contributed by atoms with E-state index in [2.05, 4.69) is 5.32 Å². The third kappa shape index (κ3) is 4.27. The Kier molecular flexibility index (Phi) is 6.84. The minimum atomic E-state index is -0.304. The molecular weight excluding hydrogens is 484 g/mol. The fourth-order valence-electron chi connectivity index (χ4n) is 5.53. The van der Waals surface area contributed by atoms with E-state index in [0.717, 1.165) is 16.5 Å². The maximum absolute atomic E-state index is 14.1. The average Bonchev–Trinajstić information content (AvgIpc) is 3.24. The van der Waals surface area contributed by atoms with Crippen molar-refractivity contribution in [2.45, 2.75) is 32.4 Å². The van der Waals surface area contributed by atoms with Crippen LogP contribution in [0.5, 0.6) is 11.5 Å². The number of piperidine rings is 1. The van der Waals surface area contributed by atoms with E-state index >= 15 is 0 Å². The summed E-state index contributed by atoms with van der Waals surface area (Å²) in [5.41, 5.74) is 2.32. The molecule has 1 fully saturated rings. The lowest BCUT2D eigenvalue weighted by atomic mass is 10.0. The Morgan fingerprint density at radius 2 is 1.68 bits per heavy atom. The van der Waals surface area contributed by atoms with Crippen molar-refractivity contribution in [2.24, 2.45) is 7.05 Å². The number of hydrogen-bond donors (Lipinski definition) is 1. The molecule has 3 heterocycles. The first-order valence-electron chi connectivity index (χ1n) is 12.7. The van der Waals surface area contributed by atoms with Gasteiger partial charge in [-0.2, -0.15) is 0 Å². The largest absolute Gasteiger partial charge is 0.496 e. The normalized spacial score (nSPS) is 14.2. The standard InChI is InChI=1S/C29H32N4O5/c1-18(34)32-15-13-20(14-16-32)30-28(35)26-27(38-4)24-25(31(26)2)21-10-6-7-11-22(21)33(29(24)36)17-19-9-5-8-12-23(19)37-3/h5-12,20H,13-17H2,1-4H3,(H,30,35).